The van der Waals surface area contributed by atoms with Crippen molar-refractivity contribution in [2.75, 3.05) is 5.32 Å². The lowest BCUT2D eigenvalue weighted by atomic mass is 10.1. The van der Waals surface area contributed by atoms with Gasteiger partial charge in [-0.2, -0.15) is 0 Å². The van der Waals surface area contributed by atoms with Crippen molar-refractivity contribution >= 4 is 34.1 Å². The number of rotatable bonds is 6. The van der Waals surface area contributed by atoms with E-state index in [4.69, 9.17) is 4.42 Å². The lowest BCUT2D eigenvalue weighted by molar-refractivity contribution is -0.115. The number of amides is 1. The maximum atomic E-state index is 12.7. The Morgan fingerprint density at radius 2 is 1.97 bits per heavy atom. The van der Waals surface area contributed by atoms with E-state index in [-0.39, 0.29) is 11.2 Å². The fraction of sp³-hybridized carbons (Fsp3) is 0.227. The van der Waals surface area contributed by atoms with Crippen LogP contribution in [0.25, 0.3) is 22.2 Å². The zero-order valence-corrected chi connectivity index (χ0v) is 17.4. The number of thioether (sulfide) groups is 1. The van der Waals surface area contributed by atoms with Gasteiger partial charge in [0.05, 0.1) is 17.1 Å². The molecule has 4 rings (SSSR count). The number of fused-ring (bicyclic) bond motifs is 1. The molecule has 6 nitrogen and oxygen atoms in total. The fourth-order valence-electron chi connectivity index (χ4n) is 3.20. The van der Waals surface area contributed by atoms with Crippen molar-refractivity contribution in [3.05, 3.63) is 60.6 Å². The SMILES string of the molecule is CCn1c(S[C@H](C)C(=O)Nc2ccc3ccccc3c2)nnc1-c1ccoc1C. The normalized spacial score (nSPS) is 12.2. The number of hydrogen-bond acceptors (Lipinski definition) is 5. The van der Waals surface area contributed by atoms with E-state index >= 15 is 0 Å². The van der Waals surface area contributed by atoms with E-state index in [9.17, 15) is 4.79 Å². The molecule has 1 atom stereocenters. The Labute approximate surface area is 173 Å². The first-order valence-corrected chi connectivity index (χ1v) is 10.4. The van der Waals surface area contributed by atoms with E-state index in [1.54, 1.807) is 6.26 Å². The molecule has 0 bridgehead atoms. The van der Waals surface area contributed by atoms with Gasteiger partial charge in [0.1, 0.15) is 5.76 Å². The molecule has 0 fully saturated rings. The molecule has 0 spiro atoms. The molecule has 2 aromatic heterocycles. The van der Waals surface area contributed by atoms with Crippen LogP contribution in [0.15, 0.2) is 64.4 Å². The van der Waals surface area contributed by atoms with Gasteiger partial charge in [-0.1, -0.05) is 42.1 Å². The minimum absolute atomic E-state index is 0.0722. The summed E-state index contributed by atoms with van der Waals surface area (Å²) < 4.78 is 7.39. The van der Waals surface area contributed by atoms with Crippen LogP contribution in [0, 0.1) is 6.92 Å². The summed E-state index contributed by atoms with van der Waals surface area (Å²) in [7, 11) is 0. The number of nitrogens with one attached hydrogen (secondary N) is 1. The van der Waals surface area contributed by atoms with Gasteiger partial charge >= 0.3 is 0 Å². The van der Waals surface area contributed by atoms with Gasteiger partial charge in [-0.05, 0) is 49.7 Å². The van der Waals surface area contributed by atoms with Crippen molar-refractivity contribution in [2.45, 2.75) is 37.7 Å². The first-order chi connectivity index (χ1) is 14.1. The minimum Gasteiger partial charge on any atom is -0.469 e. The molecule has 148 valence electrons. The molecule has 0 saturated heterocycles. The molecule has 0 aliphatic rings. The van der Waals surface area contributed by atoms with E-state index in [0.29, 0.717) is 11.7 Å². The van der Waals surface area contributed by atoms with Gasteiger partial charge in [0, 0.05) is 12.2 Å². The summed E-state index contributed by atoms with van der Waals surface area (Å²) in [6.07, 6.45) is 1.64. The van der Waals surface area contributed by atoms with E-state index in [2.05, 4.69) is 21.6 Å². The number of nitrogens with zero attached hydrogens (tertiary/aromatic N) is 3. The summed E-state index contributed by atoms with van der Waals surface area (Å²) in [6.45, 7) is 6.51. The maximum Gasteiger partial charge on any atom is 0.237 e. The third-order valence-corrected chi connectivity index (χ3v) is 5.88. The van der Waals surface area contributed by atoms with E-state index in [0.717, 1.165) is 33.6 Å². The number of carbonyl (C=O) groups is 1. The van der Waals surface area contributed by atoms with Gasteiger partial charge in [-0.25, -0.2) is 0 Å². The van der Waals surface area contributed by atoms with E-state index < -0.39 is 0 Å². The average molecular weight is 407 g/mol. The smallest absolute Gasteiger partial charge is 0.237 e. The first-order valence-electron chi connectivity index (χ1n) is 9.50. The van der Waals surface area contributed by atoms with Crippen LogP contribution in [0.3, 0.4) is 0 Å². The molecule has 1 amide bonds. The number of anilines is 1. The summed E-state index contributed by atoms with van der Waals surface area (Å²) >= 11 is 1.40. The fourth-order valence-corrected chi connectivity index (χ4v) is 4.11. The van der Waals surface area contributed by atoms with Crippen molar-refractivity contribution in [3.8, 4) is 11.4 Å². The van der Waals surface area contributed by atoms with Gasteiger partial charge in [0.25, 0.3) is 0 Å². The zero-order valence-electron chi connectivity index (χ0n) is 16.5. The van der Waals surface area contributed by atoms with Crippen LogP contribution in [0.2, 0.25) is 0 Å². The molecule has 0 radical (unpaired) electrons. The van der Waals surface area contributed by atoms with Crippen LogP contribution < -0.4 is 5.32 Å². The van der Waals surface area contributed by atoms with Crippen molar-refractivity contribution in [1.29, 1.82) is 0 Å². The zero-order chi connectivity index (χ0) is 20.4. The molecule has 29 heavy (non-hydrogen) atoms. The molecule has 2 aromatic carbocycles. The number of furan rings is 1. The molecule has 7 heteroatoms. The van der Waals surface area contributed by atoms with Gasteiger partial charge in [-0.3, -0.25) is 4.79 Å². The highest BCUT2D eigenvalue weighted by Gasteiger charge is 2.21. The minimum atomic E-state index is -0.325. The van der Waals surface area contributed by atoms with Crippen LogP contribution in [0.4, 0.5) is 5.69 Å². The van der Waals surface area contributed by atoms with Gasteiger partial charge in [0.2, 0.25) is 5.91 Å². The summed E-state index contributed by atoms with van der Waals surface area (Å²) in [5.41, 5.74) is 1.70. The number of hydrogen-bond donors (Lipinski definition) is 1. The second-order valence-corrected chi connectivity index (χ2v) is 8.06. The molecule has 4 aromatic rings. The third-order valence-electron chi connectivity index (χ3n) is 4.80. The average Bonchev–Trinajstić information content (AvgIpc) is 3.33. The molecule has 0 aliphatic carbocycles. The number of benzene rings is 2. The van der Waals surface area contributed by atoms with Gasteiger partial charge in [-0.15, -0.1) is 10.2 Å². The van der Waals surface area contributed by atoms with E-state index in [1.807, 2.05) is 67.8 Å². The molecule has 0 saturated carbocycles. The standard InChI is InChI=1S/C22H22N4O2S/c1-4-26-20(19-11-12-28-14(19)2)24-25-22(26)29-15(3)21(27)23-18-10-9-16-7-5-6-8-17(16)13-18/h5-13,15H,4H2,1-3H3,(H,23,27)/t15-/m1/s1. The van der Waals surface area contributed by atoms with Crippen LogP contribution in [0.1, 0.15) is 19.6 Å². The summed E-state index contributed by atoms with van der Waals surface area (Å²) in [5.74, 6) is 1.48. The number of aryl methyl sites for hydroxylation is 1. The van der Waals surface area contributed by atoms with Gasteiger partial charge in [0.15, 0.2) is 11.0 Å². The molecule has 1 N–H and O–H groups in total. The van der Waals surface area contributed by atoms with E-state index in [1.165, 1.54) is 11.8 Å². The Hall–Kier alpha value is -3.06. The summed E-state index contributed by atoms with van der Waals surface area (Å²) in [5, 5.41) is 14.3. The van der Waals surface area contributed by atoms with Crippen LogP contribution >= 0.6 is 11.8 Å². The van der Waals surface area contributed by atoms with Gasteiger partial charge < -0.3 is 14.3 Å². The highest BCUT2D eigenvalue weighted by atomic mass is 32.2. The number of carbonyl (C=O) groups excluding carboxylic acids is 1. The van der Waals surface area contributed by atoms with Crippen molar-refractivity contribution in [3.63, 3.8) is 0 Å². The molecule has 0 aliphatic heterocycles. The highest BCUT2D eigenvalue weighted by Crippen LogP contribution is 2.29. The number of aromatic nitrogens is 3. The largest absolute Gasteiger partial charge is 0.469 e. The second-order valence-electron chi connectivity index (χ2n) is 6.75. The Bertz CT molecular complexity index is 1160. The van der Waals surface area contributed by atoms with Crippen LogP contribution in [-0.4, -0.2) is 25.9 Å². The predicted molar refractivity (Wildman–Crippen MR) is 116 cm³/mol. The molecular weight excluding hydrogens is 384 g/mol. The third kappa shape index (κ3) is 3.91. The monoisotopic (exact) mass is 406 g/mol. The lowest BCUT2D eigenvalue weighted by Crippen LogP contribution is -2.23. The first kappa shape index (κ1) is 19.3. The maximum absolute atomic E-state index is 12.7. The Kier molecular flexibility index (Phi) is 5.40. The Balaban J connectivity index is 1.50. The Morgan fingerprint density at radius 1 is 1.17 bits per heavy atom. The van der Waals surface area contributed by atoms with Crippen molar-refractivity contribution in [2.24, 2.45) is 0 Å². The van der Waals surface area contributed by atoms with Crippen molar-refractivity contribution < 1.29 is 9.21 Å². The lowest BCUT2D eigenvalue weighted by Gasteiger charge is -2.13. The highest BCUT2D eigenvalue weighted by molar-refractivity contribution is 8.00. The van der Waals surface area contributed by atoms with Crippen LogP contribution in [0.5, 0.6) is 0 Å². The second kappa shape index (κ2) is 8.13. The summed E-state index contributed by atoms with van der Waals surface area (Å²) in [4.78, 5) is 12.7. The Morgan fingerprint density at radius 3 is 2.69 bits per heavy atom. The quantitative estimate of drug-likeness (QED) is 0.449. The summed E-state index contributed by atoms with van der Waals surface area (Å²) in [6, 6.07) is 15.9. The molecular formula is C22H22N4O2S. The molecule has 2 heterocycles. The van der Waals surface area contributed by atoms with Crippen molar-refractivity contribution in [1.82, 2.24) is 14.8 Å². The topological polar surface area (TPSA) is 73.0 Å². The van der Waals surface area contributed by atoms with Crippen LogP contribution in [-0.2, 0) is 11.3 Å². The molecule has 0 unspecified atom stereocenters. The predicted octanol–water partition coefficient (Wildman–Crippen LogP) is 5.14.